The van der Waals surface area contributed by atoms with E-state index >= 15 is 0 Å². The Morgan fingerprint density at radius 3 is 2.08 bits per heavy atom. The van der Waals surface area contributed by atoms with Crippen LogP contribution in [-0.2, 0) is 54.1 Å². The van der Waals surface area contributed by atoms with E-state index in [2.05, 4.69) is 15.6 Å². The van der Waals surface area contributed by atoms with Gasteiger partial charge < -0.3 is 29.0 Å². The second-order valence-corrected chi connectivity index (χ2v) is 9.35. The summed E-state index contributed by atoms with van der Waals surface area (Å²) in [7, 11) is 0. The molecule has 0 radical (unpaired) electrons. The molecule has 0 spiro atoms. The van der Waals surface area contributed by atoms with Crippen LogP contribution in [0.3, 0.4) is 0 Å². The van der Waals surface area contributed by atoms with E-state index in [1.165, 1.54) is 6.92 Å². The van der Waals surface area contributed by atoms with Crippen molar-refractivity contribution >= 4 is 35.7 Å². The first-order valence-corrected chi connectivity index (χ1v) is 12.4. The number of ether oxygens (including phenoxy) is 5. The summed E-state index contributed by atoms with van der Waals surface area (Å²) in [5, 5.41) is 5.78. The zero-order valence-electron chi connectivity index (χ0n) is 22.4. The van der Waals surface area contributed by atoms with E-state index in [-0.39, 0.29) is 30.9 Å². The second-order valence-electron chi connectivity index (χ2n) is 9.35. The van der Waals surface area contributed by atoms with Crippen LogP contribution in [0.5, 0.6) is 0 Å². The minimum absolute atomic E-state index is 0.0456. The van der Waals surface area contributed by atoms with Gasteiger partial charge in [0.05, 0.1) is 0 Å². The lowest BCUT2D eigenvalue weighted by atomic mass is 9.97. The monoisotopic (exact) mass is 547 g/mol. The summed E-state index contributed by atoms with van der Waals surface area (Å²) in [4.78, 5) is 64.3. The first-order chi connectivity index (χ1) is 18.4. The first kappa shape index (κ1) is 29.6. The van der Waals surface area contributed by atoms with Crippen LogP contribution in [0.2, 0.25) is 0 Å². The molecule has 13 nitrogen and oxygen atoms in total. The number of carbonyl (C=O) groups excluding carboxylic acids is 5. The third kappa shape index (κ3) is 8.77. The number of nitrogens with one attached hydrogen (secondary N) is 2. The smallest absolute Gasteiger partial charge is 0.303 e. The first-order valence-electron chi connectivity index (χ1n) is 12.4. The Hall–Kier alpha value is -4.00. The standard InChI is InChI=1S/C26H33N3O10/c1-13-6-8-18(9-7-13)10-19-11-21(34)28-26(27-19)29-25-24(38-17(5)33)23(37-16(4)32)22(36-15(3)31)20(39-25)12-35-14(2)30/h6-9,19-20,22-25H,10-12H2,1-5H3,(H2,27,28,29,34)/t19-,20+,22-,23-,24+,25-/m0/s1. The molecule has 6 atom stereocenters. The summed E-state index contributed by atoms with van der Waals surface area (Å²) in [5.41, 5.74) is 2.12. The van der Waals surface area contributed by atoms with E-state index in [1.54, 1.807) is 0 Å². The molecule has 0 unspecified atom stereocenters. The van der Waals surface area contributed by atoms with Gasteiger partial charge in [-0.3, -0.25) is 29.3 Å². The third-order valence-corrected chi connectivity index (χ3v) is 5.86. The SMILES string of the molecule is CC(=O)OC[C@H]1O[C@H](/N=C2\NC(=O)C[C@H](Cc3ccc(C)cc3)N2)[C@H](OC(C)=O)[C@@H](OC(C)=O)[C@H]1OC(C)=O. The third-order valence-electron chi connectivity index (χ3n) is 5.86. The molecule has 2 aliphatic rings. The molecule has 1 aromatic carbocycles. The number of rotatable bonds is 8. The van der Waals surface area contributed by atoms with Crippen molar-refractivity contribution in [2.24, 2.45) is 4.99 Å². The van der Waals surface area contributed by atoms with Gasteiger partial charge in [0, 0.05) is 40.2 Å². The van der Waals surface area contributed by atoms with E-state index in [1.807, 2.05) is 31.2 Å². The predicted molar refractivity (Wildman–Crippen MR) is 134 cm³/mol. The van der Waals surface area contributed by atoms with Crippen LogP contribution >= 0.6 is 0 Å². The van der Waals surface area contributed by atoms with Gasteiger partial charge in [-0.05, 0) is 18.9 Å². The largest absolute Gasteiger partial charge is 0.463 e. The van der Waals surface area contributed by atoms with Gasteiger partial charge in [0.15, 0.2) is 24.5 Å². The number of aryl methyl sites for hydroxylation is 1. The van der Waals surface area contributed by atoms with Crippen molar-refractivity contribution in [2.45, 2.75) is 84.1 Å². The Bertz CT molecular complexity index is 1120. The molecule has 39 heavy (non-hydrogen) atoms. The summed E-state index contributed by atoms with van der Waals surface area (Å²) < 4.78 is 27.2. The zero-order chi connectivity index (χ0) is 28.7. The molecule has 1 aromatic rings. The zero-order valence-corrected chi connectivity index (χ0v) is 22.4. The molecule has 2 heterocycles. The highest BCUT2D eigenvalue weighted by Gasteiger charge is 2.52. The predicted octanol–water partition coefficient (Wildman–Crippen LogP) is 0.455. The van der Waals surface area contributed by atoms with Crippen LogP contribution in [-0.4, -0.2) is 79.0 Å². The number of amides is 1. The normalized spacial score (nSPS) is 27.5. The fourth-order valence-corrected chi connectivity index (χ4v) is 4.33. The second kappa shape index (κ2) is 13.2. The molecule has 2 saturated heterocycles. The summed E-state index contributed by atoms with van der Waals surface area (Å²) in [5.74, 6) is -3.12. The molecule has 2 fully saturated rings. The van der Waals surface area contributed by atoms with Crippen LogP contribution in [0.15, 0.2) is 29.3 Å². The maximum absolute atomic E-state index is 12.5. The molecular weight excluding hydrogens is 514 g/mol. The van der Waals surface area contributed by atoms with Gasteiger partial charge in [-0.1, -0.05) is 29.8 Å². The van der Waals surface area contributed by atoms with Crippen molar-refractivity contribution in [3.05, 3.63) is 35.4 Å². The Labute approximate surface area is 225 Å². The van der Waals surface area contributed by atoms with E-state index in [0.29, 0.717) is 6.42 Å². The topological polar surface area (TPSA) is 168 Å². The molecule has 13 heteroatoms. The van der Waals surface area contributed by atoms with Crippen molar-refractivity contribution in [1.82, 2.24) is 10.6 Å². The summed E-state index contributed by atoms with van der Waals surface area (Å²) >= 11 is 0. The number of benzene rings is 1. The van der Waals surface area contributed by atoms with E-state index in [4.69, 9.17) is 23.7 Å². The van der Waals surface area contributed by atoms with Crippen molar-refractivity contribution < 1.29 is 47.7 Å². The average molecular weight is 548 g/mol. The average Bonchev–Trinajstić information content (AvgIpc) is 2.82. The lowest BCUT2D eigenvalue weighted by Gasteiger charge is -2.43. The molecule has 3 rings (SSSR count). The van der Waals surface area contributed by atoms with Crippen molar-refractivity contribution in [3.8, 4) is 0 Å². The molecule has 2 N–H and O–H groups in total. The molecule has 0 aliphatic carbocycles. The highest BCUT2D eigenvalue weighted by molar-refractivity contribution is 5.99. The molecular formula is C26H33N3O10. The maximum Gasteiger partial charge on any atom is 0.303 e. The van der Waals surface area contributed by atoms with E-state index in [9.17, 15) is 24.0 Å². The molecule has 212 valence electrons. The fourth-order valence-electron chi connectivity index (χ4n) is 4.33. The number of guanidine groups is 1. The highest BCUT2D eigenvalue weighted by Crippen LogP contribution is 2.30. The van der Waals surface area contributed by atoms with Crippen LogP contribution in [0.25, 0.3) is 0 Å². The Balaban J connectivity index is 1.94. The van der Waals surface area contributed by atoms with Crippen molar-refractivity contribution in [2.75, 3.05) is 6.61 Å². The Morgan fingerprint density at radius 1 is 0.897 bits per heavy atom. The van der Waals surface area contributed by atoms with Gasteiger partial charge in [0.2, 0.25) is 11.9 Å². The lowest BCUT2D eigenvalue weighted by Crippen LogP contribution is -2.63. The molecule has 0 saturated carbocycles. The van der Waals surface area contributed by atoms with Crippen LogP contribution in [0.1, 0.15) is 45.2 Å². The number of esters is 4. The maximum atomic E-state index is 12.5. The molecule has 0 aromatic heterocycles. The van der Waals surface area contributed by atoms with E-state index < -0.39 is 54.5 Å². The Kier molecular flexibility index (Phi) is 9.99. The van der Waals surface area contributed by atoms with Gasteiger partial charge in [0.1, 0.15) is 12.7 Å². The number of carbonyl (C=O) groups is 5. The van der Waals surface area contributed by atoms with Crippen molar-refractivity contribution in [3.63, 3.8) is 0 Å². The van der Waals surface area contributed by atoms with Crippen LogP contribution in [0, 0.1) is 6.92 Å². The Morgan fingerprint density at radius 2 is 1.49 bits per heavy atom. The van der Waals surface area contributed by atoms with Gasteiger partial charge in [0.25, 0.3) is 0 Å². The number of nitrogens with zero attached hydrogens (tertiary/aromatic N) is 1. The molecule has 1 amide bonds. The van der Waals surface area contributed by atoms with Crippen molar-refractivity contribution in [1.29, 1.82) is 0 Å². The van der Waals surface area contributed by atoms with Gasteiger partial charge in [-0.2, -0.15) is 0 Å². The van der Waals surface area contributed by atoms with Gasteiger partial charge in [-0.15, -0.1) is 0 Å². The van der Waals surface area contributed by atoms with Crippen LogP contribution < -0.4 is 10.6 Å². The lowest BCUT2D eigenvalue weighted by molar-refractivity contribution is -0.251. The minimum atomic E-state index is -1.37. The van der Waals surface area contributed by atoms with Gasteiger partial charge >= 0.3 is 23.9 Å². The molecule has 0 bridgehead atoms. The highest BCUT2D eigenvalue weighted by atomic mass is 16.7. The number of aliphatic imine (C=N–C) groups is 1. The fraction of sp³-hybridized carbons (Fsp3) is 0.538. The summed E-state index contributed by atoms with van der Waals surface area (Å²) in [6.07, 6.45) is -5.79. The number of hydrogen-bond acceptors (Lipinski definition) is 11. The summed E-state index contributed by atoms with van der Waals surface area (Å²) in [6.45, 7) is 6.19. The van der Waals surface area contributed by atoms with E-state index in [0.717, 1.165) is 31.9 Å². The van der Waals surface area contributed by atoms with Crippen LogP contribution in [0.4, 0.5) is 0 Å². The quantitative estimate of drug-likeness (QED) is 0.342. The summed E-state index contributed by atoms with van der Waals surface area (Å²) in [6, 6.07) is 7.60. The molecule has 2 aliphatic heterocycles. The minimum Gasteiger partial charge on any atom is -0.463 e. The number of hydrogen-bond donors (Lipinski definition) is 2. The van der Waals surface area contributed by atoms with Gasteiger partial charge in [-0.25, -0.2) is 4.99 Å².